The molecule has 0 unspecified atom stereocenters. The predicted molar refractivity (Wildman–Crippen MR) is 58.3 cm³/mol. The molecule has 0 amide bonds. The Morgan fingerprint density at radius 2 is 2.00 bits per heavy atom. The molecule has 66 valence electrons. The second kappa shape index (κ2) is 3.26. The van der Waals surface area contributed by atoms with Gasteiger partial charge in [0.25, 0.3) is 0 Å². The van der Waals surface area contributed by atoms with E-state index in [4.69, 9.17) is 5.73 Å². The molecule has 3 N–H and O–H groups in total. The summed E-state index contributed by atoms with van der Waals surface area (Å²) in [7, 11) is 0. The summed E-state index contributed by atoms with van der Waals surface area (Å²) in [6.45, 7) is 0. The molecule has 0 radical (unpaired) electrons. The summed E-state index contributed by atoms with van der Waals surface area (Å²) in [6, 6.07) is 11.9. The van der Waals surface area contributed by atoms with Gasteiger partial charge in [-0.2, -0.15) is 0 Å². The molecule has 2 nitrogen and oxygen atoms in total. The molecule has 0 bridgehead atoms. The first kappa shape index (κ1) is 8.38. The van der Waals surface area contributed by atoms with E-state index >= 15 is 0 Å². The van der Waals surface area contributed by atoms with Crippen LogP contribution in [0, 0.1) is 0 Å². The van der Waals surface area contributed by atoms with Crippen molar-refractivity contribution in [2.45, 2.75) is 0 Å². The number of H-pyrrole nitrogens is 1. The summed E-state index contributed by atoms with van der Waals surface area (Å²) in [5, 5.41) is 0. The van der Waals surface area contributed by atoms with Crippen molar-refractivity contribution in [1.82, 2.24) is 4.98 Å². The van der Waals surface area contributed by atoms with Gasteiger partial charge < -0.3 is 10.7 Å². The van der Waals surface area contributed by atoms with Crippen LogP contribution in [0.25, 0.3) is 11.3 Å². The summed E-state index contributed by atoms with van der Waals surface area (Å²) < 4.78 is 1.07. The van der Waals surface area contributed by atoms with Crippen LogP contribution in [0.3, 0.4) is 0 Å². The number of rotatable bonds is 1. The van der Waals surface area contributed by atoms with E-state index in [2.05, 4.69) is 20.9 Å². The molecule has 0 spiro atoms. The van der Waals surface area contributed by atoms with Crippen molar-refractivity contribution in [1.29, 1.82) is 0 Å². The standard InChI is InChI=1S/C10H9BrN2/c11-8-3-1-2-7(6-8)9-4-5-10(12)13-9/h1-6,13H,12H2. The maximum atomic E-state index is 5.59. The molecule has 1 heterocycles. The van der Waals surface area contributed by atoms with Crippen LogP contribution in [0.15, 0.2) is 40.9 Å². The quantitative estimate of drug-likeness (QED) is 0.786. The van der Waals surface area contributed by atoms with Gasteiger partial charge in [-0.1, -0.05) is 28.1 Å². The Bertz CT molecular complexity index is 420. The van der Waals surface area contributed by atoms with Gasteiger partial charge in [0.15, 0.2) is 0 Å². The van der Waals surface area contributed by atoms with Crippen molar-refractivity contribution < 1.29 is 0 Å². The van der Waals surface area contributed by atoms with Crippen molar-refractivity contribution in [2.24, 2.45) is 0 Å². The Kier molecular flexibility index (Phi) is 2.10. The average Bonchev–Trinajstić information content (AvgIpc) is 2.52. The highest BCUT2D eigenvalue weighted by Gasteiger charge is 1.99. The van der Waals surface area contributed by atoms with Crippen LogP contribution in [-0.4, -0.2) is 4.98 Å². The fourth-order valence-electron chi connectivity index (χ4n) is 1.24. The van der Waals surface area contributed by atoms with Gasteiger partial charge in [-0.25, -0.2) is 0 Å². The lowest BCUT2D eigenvalue weighted by atomic mass is 10.2. The van der Waals surface area contributed by atoms with Gasteiger partial charge in [-0.05, 0) is 29.8 Å². The molecule has 13 heavy (non-hydrogen) atoms. The molecule has 0 fully saturated rings. The molecule has 1 aromatic heterocycles. The largest absolute Gasteiger partial charge is 0.385 e. The maximum Gasteiger partial charge on any atom is 0.101 e. The van der Waals surface area contributed by atoms with Crippen molar-refractivity contribution in [3.63, 3.8) is 0 Å². The van der Waals surface area contributed by atoms with E-state index in [1.165, 1.54) is 0 Å². The van der Waals surface area contributed by atoms with Crippen LogP contribution >= 0.6 is 15.9 Å². The Labute approximate surface area is 84.9 Å². The van der Waals surface area contributed by atoms with Crippen molar-refractivity contribution in [3.05, 3.63) is 40.9 Å². The summed E-state index contributed by atoms with van der Waals surface area (Å²) >= 11 is 3.42. The number of halogens is 1. The van der Waals surface area contributed by atoms with Gasteiger partial charge in [0.05, 0.1) is 0 Å². The Balaban J connectivity index is 2.46. The van der Waals surface area contributed by atoms with E-state index in [1.807, 2.05) is 36.4 Å². The number of nitrogens with two attached hydrogens (primary N) is 1. The van der Waals surface area contributed by atoms with Gasteiger partial charge in [-0.15, -0.1) is 0 Å². The van der Waals surface area contributed by atoms with Gasteiger partial charge in [0.2, 0.25) is 0 Å². The lowest BCUT2D eigenvalue weighted by molar-refractivity contribution is 1.40. The minimum atomic E-state index is 0.690. The number of hydrogen-bond donors (Lipinski definition) is 2. The minimum absolute atomic E-state index is 0.690. The molecule has 0 saturated heterocycles. The topological polar surface area (TPSA) is 41.8 Å². The Morgan fingerprint density at radius 3 is 2.62 bits per heavy atom. The third-order valence-electron chi connectivity index (χ3n) is 1.84. The zero-order valence-electron chi connectivity index (χ0n) is 6.92. The molecule has 0 aliphatic rings. The average molecular weight is 237 g/mol. The molecule has 0 aliphatic carbocycles. The zero-order valence-corrected chi connectivity index (χ0v) is 8.51. The van der Waals surface area contributed by atoms with Crippen molar-refractivity contribution >= 4 is 21.7 Å². The van der Waals surface area contributed by atoms with Crippen LogP contribution in [0.5, 0.6) is 0 Å². The van der Waals surface area contributed by atoms with E-state index in [0.29, 0.717) is 5.82 Å². The number of anilines is 1. The highest BCUT2D eigenvalue weighted by Crippen LogP contribution is 2.22. The fourth-order valence-corrected chi connectivity index (χ4v) is 1.64. The monoisotopic (exact) mass is 236 g/mol. The summed E-state index contributed by atoms with van der Waals surface area (Å²) in [5.41, 5.74) is 7.76. The number of benzene rings is 1. The first-order chi connectivity index (χ1) is 6.25. The van der Waals surface area contributed by atoms with E-state index in [-0.39, 0.29) is 0 Å². The Morgan fingerprint density at radius 1 is 1.15 bits per heavy atom. The number of nitrogens with one attached hydrogen (secondary N) is 1. The van der Waals surface area contributed by atoms with Crippen LogP contribution in [0.2, 0.25) is 0 Å². The first-order valence-electron chi connectivity index (χ1n) is 3.96. The second-order valence-electron chi connectivity index (χ2n) is 2.84. The zero-order chi connectivity index (χ0) is 9.26. The SMILES string of the molecule is Nc1ccc(-c2cccc(Br)c2)[nH]1. The molecule has 0 atom stereocenters. The number of nitrogen functional groups attached to an aromatic ring is 1. The molecule has 2 aromatic rings. The molecule has 0 saturated carbocycles. The van der Waals surface area contributed by atoms with E-state index in [0.717, 1.165) is 15.7 Å². The number of aromatic nitrogens is 1. The summed E-state index contributed by atoms with van der Waals surface area (Å²) in [6.07, 6.45) is 0. The molecular formula is C10H9BrN2. The Hall–Kier alpha value is -1.22. The third-order valence-corrected chi connectivity index (χ3v) is 2.34. The van der Waals surface area contributed by atoms with E-state index in [1.54, 1.807) is 0 Å². The molecular weight excluding hydrogens is 228 g/mol. The second-order valence-corrected chi connectivity index (χ2v) is 3.75. The van der Waals surface area contributed by atoms with Gasteiger partial charge in [0, 0.05) is 10.2 Å². The molecule has 1 aromatic carbocycles. The van der Waals surface area contributed by atoms with E-state index in [9.17, 15) is 0 Å². The summed E-state index contributed by atoms with van der Waals surface area (Å²) in [4.78, 5) is 3.08. The third kappa shape index (κ3) is 1.75. The first-order valence-corrected chi connectivity index (χ1v) is 4.75. The minimum Gasteiger partial charge on any atom is -0.385 e. The highest BCUT2D eigenvalue weighted by molar-refractivity contribution is 9.10. The fraction of sp³-hybridized carbons (Fsp3) is 0. The van der Waals surface area contributed by atoms with Gasteiger partial charge >= 0.3 is 0 Å². The van der Waals surface area contributed by atoms with Crippen molar-refractivity contribution in [2.75, 3.05) is 5.73 Å². The van der Waals surface area contributed by atoms with Crippen LogP contribution in [0.1, 0.15) is 0 Å². The van der Waals surface area contributed by atoms with Gasteiger partial charge in [0.1, 0.15) is 5.82 Å². The summed E-state index contributed by atoms with van der Waals surface area (Å²) in [5.74, 6) is 0.690. The molecule has 2 rings (SSSR count). The lowest BCUT2D eigenvalue weighted by Gasteiger charge is -1.97. The maximum absolute atomic E-state index is 5.59. The van der Waals surface area contributed by atoms with Crippen molar-refractivity contribution in [3.8, 4) is 11.3 Å². The van der Waals surface area contributed by atoms with Crippen LogP contribution in [-0.2, 0) is 0 Å². The highest BCUT2D eigenvalue weighted by atomic mass is 79.9. The number of hydrogen-bond acceptors (Lipinski definition) is 1. The predicted octanol–water partition coefficient (Wildman–Crippen LogP) is 3.03. The number of aromatic amines is 1. The van der Waals surface area contributed by atoms with Crippen LogP contribution in [0.4, 0.5) is 5.82 Å². The molecule has 0 aliphatic heterocycles. The van der Waals surface area contributed by atoms with Crippen LogP contribution < -0.4 is 5.73 Å². The lowest BCUT2D eigenvalue weighted by Crippen LogP contribution is -1.83. The smallest absolute Gasteiger partial charge is 0.101 e. The normalized spacial score (nSPS) is 10.2. The van der Waals surface area contributed by atoms with Gasteiger partial charge in [-0.3, -0.25) is 0 Å². The molecule has 3 heteroatoms. The van der Waals surface area contributed by atoms with E-state index < -0.39 is 0 Å².